The zero-order valence-corrected chi connectivity index (χ0v) is 14.1. The Bertz CT molecular complexity index is 471. The van der Waals surface area contributed by atoms with Crippen molar-refractivity contribution < 1.29 is 8.78 Å². The van der Waals surface area contributed by atoms with Gasteiger partial charge in [0.25, 0.3) is 0 Å². The minimum Gasteiger partial charge on any atom is -0.354 e. The van der Waals surface area contributed by atoms with E-state index in [9.17, 15) is 8.78 Å². The quantitative estimate of drug-likeness (QED) is 0.469. The second-order valence-corrected chi connectivity index (χ2v) is 5.10. The van der Waals surface area contributed by atoms with Crippen molar-refractivity contribution in [2.75, 3.05) is 7.05 Å². The molecule has 0 amide bonds. The number of nitrogens with zero attached hydrogens (tertiary/aromatic N) is 1. The van der Waals surface area contributed by atoms with Crippen LogP contribution in [0.25, 0.3) is 0 Å². The Morgan fingerprint density at radius 3 is 2.40 bits per heavy atom. The van der Waals surface area contributed by atoms with Crippen LogP contribution in [0.2, 0.25) is 0 Å². The molecular formula is C14H20F2IN3. The van der Waals surface area contributed by atoms with Gasteiger partial charge in [0.05, 0.1) is 0 Å². The van der Waals surface area contributed by atoms with Crippen molar-refractivity contribution in [3.63, 3.8) is 0 Å². The van der Waals surface area contributed by atoms with Crippen LogP contribution in [-0.2, 0) is 0 Å². The van der Waals surface area contributed by atoms with Gasteiger partial charge in [-0.1, -0.05) is 6.07 Å². The average Bonchev–Trinajstić information content (AvgIpc) is 3.06. The first-order valence-electron chi connectivity index (χ1n) is 6.46. The fraction of sp³-hybridized carbons (Fsp3) is 0.500. The first-order chi connectivity index (χ1) is 9.02. The smallest absolute Gasteiger partial charge is 0.191 e. The lowest BCUT2D eigenvalue weighted by Gasteiger charge is -2.14. The van der Waals surface area contributed by atoms with E-state index in [1.807, 2.05) is 13.8 Å². The minimum absolute atomic E-state index is 0. The highest BCUT2D eigenvalue weighted by Gasteiger charge is 2.42. The fourth-order valence-corrected chi connectivity index (χ4v) is 2.16. The Hall–Kier alpha value is -0.920. The fourth-order valence-electron chi connectivity index (χ4n) is 2.16. The molecule has 1 aromatic carbocycles. The van der Waals surface area contributed by atoms with Gasteiger partial charge >= 0.3 is 0 Å². The van der Waals surface area contributed by atoms with Gasteiger partial charge < -0.3 is 10.6 Å². The topological polar surface area (TPSA) is 36.4 Å². The van der Waals surface area contributed by atoms with Crippen molar-refractivity contribution in [1.82, 2.24) is 10.6 Å². The SMILES string of the molecule is CN=C(NC(C)C)NC1CC1c1c(F)cccc1F.I. The monoisotopic (exact) mass is 395 g/mol. The van der Waals surface area contributed by atoms with Crippen LogP contribution in [0.5, 0.6) is 0 Å². The zero-order valence-electron chi connectivity index (χ0n) is 11.8. The molecule has 2 unspecified atom stereocenters. The Kier molecular flexibility index (Phi) is 6.16. The van der Waals surface area contributed by atoms with Gasteiger partial charge in [-0.05, 0) is 32.4 Å². The molecule has 0 spiro atoms. The molecule has 1 saturated carbocycles. The van der Waals surface area contributed by atoms with E-state index in [0.29, 0.717) is 5.96 Å². The number of rotatable bonds is 3. The third kappa shape index (κ3) is 4.04. The molecule has 112 valence electrons. The lowest BCUT2D eigenvalue weighted by atomic mass is 10.1. The van der Waals surface area contributed by atoms with Crippen molar-refractivity contribution in [3.8, 4) is 0 Å². The van der Waals surface area contributed by atoms with Crippen LogP contribution >= 0.6 is 24.0 Å². The number of nitrogens with one attached hydrogen (secondary N) is 2. The summed E-state index contributed by atoms with van der Waals surface area (Å²) in [6.07, 6.45) is 0.719. The van der Waals surface area contributed by atoms with Crippen molar-refractivity contribution in [1.29, 1.82) is 0 Å². The Morgan fingerprint density at radius 1 is 1.30 bits per heavy atom. The molecule has 0 aromatic heterocycles. The van der Waals surface area contributed by atoms with Gasteiger partial charge in [0.1, 0.15) is 11.6 Å². The van der Waals surface area contributed by atoms with Gasteiger partial charge in [-0.3, -0.25) is 4.99 Å². The Morgan fingerprint density at radius 2 is 1.90 bits per heavy atom. The maximum Gasteiger partial charge on any atom is 0.191 e. The molecule has 0 aliphatic heterocycles. The summed E-state index contributed by atoms with van der Waals surface area (Å²) < 4.78 is 27.3. The molecule has 2 atom stereocenters. The molecule has 2 N–H and O–H groups in total. The summed E-state index contributed by atoms with van der Waals surface area (Å²) in [6, 6.07) is 4.28. The predicted octanol–water partition coefficient (Wildman–Crippen LogP) is 3.01. The van der Waals surface area contributed by atoms with E-state index < -0.39 is 11.6 Å². The molecule has 1 aromatic rings. The lowest BCUT2D eigenvalue weighted by Crippen LogP contribution is -2.42. The summed E-state index contributed by atoms with van der Waals surface area (Å²) in [6.45, 7) is 4.02. The molecule has 0 saturated heterocycles. The zero-order chi connectivity index (χ0) is 14.0. The van der Waals surface area contributed by atoms with E-state index in [0.717, 1.165) is 6.42 Å². The van der Waals surface area contributed by atoms with Crippen LogP contribution in [-0.4, -0.2) is 25.1 Å². The van der Waals surface area contributed by atoms with Crippen LogP contribution < -0.4 is 10.6 Å². The van der Waals surface area contributed by atoms with Gasteiger partial charge in [-0.2, -0.15) is 0 Å². The molecule has 1 aliphatic carbocycles. The van der Waals surface area contributed by atoms with Crippen LogP contribution in [0, 0.1) is 11.6 Å². The molecule has 2 rings (SSSR count). The van der Waals surface area contributed by atoms with E-state index in [1.54, 1.807) is 7.05 Å². The molecule has 3 nitrogen and oxygen atoms in total. The normalized spacial score (nSPS) is 21.4. The molecule has 20 heavy (non-hydrogen) atoms. The van der Waals surface area contributed by atoms with Crippen molar-refractivity contribution >= 4 is 29.9 Å². The van der Waals surface area contributed by atoms with Crippen LogP contribution in [0.15, 0.2) is 23.2 Å². The first-order valence-corrected chi connectivity index (χ1v) is 6.46. The van der Waals surface area contributed by atoms with Crippen LogP contribution in [0.1, 0.15) is 31.7 Å². The molecule has 6 heteroatoms. The van der Waals surface area contributed by atoms with Crippen LogP contribution in [0.3, 0.4) is 0 Å². The molecule has 0 radical (unpaired) electrons. The van der Waals surface area contributed by atoms with Gasteiger partial charge in [-0.15, -0.1) is 24.0 Å². The van der Waals surface area contributed by atoms with E-state index >= 15 is 0 Å². The van der Waals surface area contributed by atoms with Gasteiger partial charge in [0, 0.05) is 30.6 Å². The summed E-state index contributed by atoms with van der Waals surface area (Å²) in [7, 11) is 1.68. The van der Waals surface area contributed by atoms with Gasteiger partial charge in [0.15, 0.2) is 5.96 Å². The van der Waals surface area contributed by atoms with E-state index in [2.05, 4.69) is 15.6 Å². The number of hydrogen-bond acceptors (Lipinski definition) is 1. The van der Waals surface area contributed by atoms with Crippen molar-refractivity contribution in [2.24, 2.45) is 4.99 Å². The number of guanidine groups is 1. The highest BCUT2D eigenvalue weighted by Crippen LogP contribution is 2.42. The standard InChI is InChI=1S/C14H19F2N3.HI/c1-8(2)18-14(17-3)19-12-7-9(12)13-10(15)5-4-6-11(13)16;/h4-6,8-9,12H,7H2,1-3H3,(H2,17,18,19);1H. The predicted molar refractivity (Wildman–Crippen MR) is 87.7 cm³/mol. The van der Waals surface area contributed by atoms with Gasteiger partial charge in [-0.25, -0.2) is 8.78 Å². The summed E-state index contributed by atoms with van der Waals surface area (Å²) in [5.41, 5.74) is 0.181. The maximum absolute atomic E-state index is 13.6. The third-order valence-electron chi connectivity index (χ3n) is 3.13. The largest absolute Gasteiger partial charge is 0.354 e. The molecule has 0 heterocycles. The second-order valence-electron chi connectivity index (χ2n) is 5.10. The third-order valence-corrected chi connectivity index (χ3v) is 3.13. The van der Waals surface area contributed by atoms with E-state index in [4.69, 9.17) is 0 Å². The number of aliphatic imine (C=N–C) groups is 1. The van der Waals surface area contributed by atoms with E-state index in [-0.39, 0.29) is 47.5 Å². The molecule has 1 fully saturated rings. The second kappa shape index (κ2) is 7.19. The first kappa shape index (κ1) is 17.1. The van der Waals surface area contributed by atoms with Crippen molar-refractivity contribution in [3.05, 3.63) is 35.4 Å². The summed E-state index contributed by atoms with van der Waals surface area (Å²) >= 11 is 0. The minimum atomic E-state index is -0.471. The molecule has 0 bridgehead atoms. The summed E-state index contributed by atoms with van der Waals surface area (Å²) in [5, 5.41) is 6.33. The highest BCUT2D eigenvalue weighted by atomic mass is 127. The molecule has 1 aliphatic rings. The van der Waals surface area contributed by atoms with Crippen molar-refractivity contribution in [2.45, 2.75) is 38.3 Å². The Labute approximate surface area is 135 Å². The maximum atomic E-state index is 13.6. The number of hydrogen-bond donors (Lipinski definition) is 2. The lowest BCUT2D eigenvalue weighted by molar-refractivity contribution is 0.553. The van der Waals surface area contributed by atoms with Crippen LogP contribution in [0.4, 0.5) is 8.78 Å². The molecular weight excluding hydrogens is 375 g/mol. The van der Waals surface area contributed by atoms with E-state index in [1.165, 1.54) is 18.2 Å². The Balaban J connectivity index is 0.00000200. The highest BCUT2D eigenvalue weighted by molar-refractivity contribution is 14.0. The number of halogens is 3. The summed E-state index contributed by atoms with van der Waals surface area (Å²) in [5.74, 6) is -0.395. The van der Waals surface area contributed by atoms with Gasteiger partial charge in [0.2, 0.25) is 0 Å². The number of benzene rings is 1. The average molecular weight is 395 g/mol. The summed E-state index contributed by atoms with van der Waals surface area (Å²) in [4.78, 5) is 4.09.